The Labute approximate surface area is 157 Å². The van der Waals surface area contributed by atoms with Crippen LogP contribution in [-0.2, 0) is 29.5 Å². The quantitative estimate of drug-likeness (QED) is 0.598. The van der Waals surface area contributed by atoms with Crippen LogP contribution in [0.4, 0.5) is 0 Å². The maximum Gasteiger partial charge on any atom is 0.348 e. The first-order valence-corrected chi connectivity index (χ1v) is 10.1. The number of carbonyl (C=O) groups is 1. The molecule has 0 saturated heterocycles. The molecule has 4 nitrogen and oxygen atoms in total. The number of rotatable bonds is 5. The Balaban J connectivity index is 1.81. The number of para-hydroxylation sites is 2. The molecule has 26 heavy (non-hydrogen) atoms. The minimum Gasteiger partial charge on any atom is -0.459 e. The topological polar surface area (TPSA) is 35.1 Å². The molecule has 0 spiro atoms. The van der Waals surface area contributed by atoms with Crippen molar-refractivity contribution in [3.05, 3.63) is 30.1 Å². The molecule has 142 valence electrons. The van der Waals surface area contributed by atoms with E-state index in [4.69, 9.17) is 4.74 Å². The van der Waals surface area contributed by atoms with E-state index in [-0.39, 0.29) is 12.1 Å². The lowest BCUT2D eigenvalue weighted by atomic mass is 9.75. The van der Waals surface area contributed by atoms with E-state index in [1.807, 2.05) is 12.1 Å². The van der Waals surface area contributed by atoms with Crippen LogP contribution in [0, 0.1) is 17.8 Å². The Morgan fingerprint density at radius 2 is 2.04 bits per heavy atom. The standard InChI is InChI=1S/C22H33N2O2/c1-6-21-23(5)18-9-7-8-10-19(18)24(21)14-22(25)26-20-13-16(4)11-12-17(20)15(2)3/h7-10,15-17,20H,6,11-14H2,1-5H3/q+1/t16-,17+,20+/m1/s1. The molecule has 1 aliphatic rings. The molecule has 0 aliphatic heterocycles. The highest BCUT2D eigenvalue weighted by molar-refractivity contribution is 5.76. The average Bonchev–Trinajstić information content (AvgIpc) is 2.86. The van der Waals surface area contributed by atoms with Gasteiger partial charge in [0, 0.05) is 6.42 Å². The minimum absolute atomic E-state index is 0.0619. The summed E-state index contributed by atoms with van der Waals surface area (Å²) in [6, 6.07) is 8.26. The number of aryl methyl sites for hydroxylation is 1. The lowest BCUT2D eigenvalue weighted by Crippen LogP contribution is -2.37. The van der Waals surface area contributed by atoms with Gasteiger partial charge in [-0.3, -0.25) is 0 Å². The Morgan fingerprint density at radius 1 is 1.31 bits per heavy atom. The molecule has 0 amide bonds. The van der Waals surface area contributed by atoms with E-state index in [0.29, 0.717) is 24.3 Å². The van der Waals surface area contributed by atoms with E-state index >= 15 is 0 Å². The van der Waals surface area contributed by atoms with Crippen LogP contribution in [0.3, 0.4) is 0 Å². The zero-order valence-corrected chi connectivity index (χ0v) is 16.9. The maximum absolute atomic E-state index is 12.8. The predicted octanol–water partition coefficient (Wildman–Crippen LogP) is 4.03. The molecule has 1 heterocycles. The molecule has 0 radical (unpaired) electrons. The second-order valence-electron chi connectivity index (χ2n) is 8.26. The third kappa shape index (κ3) is 3.65. The average molecular weight is 358 g/mol. The first-order chi connectivity index (χ1) is 12.4. The largest absolute Gasteiger partial charge is 0.459 e. The van der Waals surface area contributed by atoms with Crippen LogP contribution >= 0.6 is 0 Å². The number of hydrogen-bond acceptors (Lipinski definition) is 2. The number of nitrogens with zero attached hydrogens (tertiary/aromatic N) is 2. The van der Waals surface area contributed by atoms with Crippen LogP contribution in [-0.4, -0.2) is 16.6 Å². The SMILES string of the molecule is CCc1n(CC(=O)O[C@H]2C[C@H](C)CC[C@H]2C(C)C)c2ccccc2[n+]1C. The minimum atomic E-state index is -0.106. The third-order valence-electron chi connectivity index (χ3n) is 6.08. The molecule has 1 saturated carbocycles. The summed E-state index contributed by atoms with van der Waals surface area (Å²) in [5, 5.41) is 0. The number of imidazole rings is 1. The van der Waals surface area contributed by atoms with Gasteiger partial charge in [-0.1, -0.05) is 46.2 Å². The van der Waals surface area contributed by atoms with E-state index in [1.54, 1.807) is 0 Å². The van der Waals surface area contributed by atoms with Crippen molar-refractivity contribution in [3.8, 4) is 0 Å². The van der Waals surface area contributed by atoms with E-state index in [2.05, 4.69) is 56.0 Å². The molecule has 4 heteroatoms. The summed E-state index contributed by atoms with van der Waals surface area (Å²) in [6.07, 6.45) is 4.35. The Hall–Kier alpha value is -1.84. The van der Waals surface area contributed by atoms with Crippen LogP contribution in [0.15, 0.2) is 24.3 Å². The van der Waals surface area contributed by atoms with E-state index < -0.39 is 0 Å². The summed E-state index contributed by atoms with van der Waals surface area (Å²) < 4.78 is 10.3. The molecule has 1 aromatic carbocycles. The highest BCUT2D eigenvalue weighted by Gasteiger charge is 2.34. The lowest BCUT2D eigenvalue weighted by Gasteiger charge is -2.36. The van der Waals surface area contributed by atoms with Crippen molar-refractivity contribution in [1.82, 2.24) is 4.57 Å². The van der Waals surface area contributed by atoms with Crippen LogP contribution in [0.1, 0.15) is 52.8 Å². The van der Waals surface area contributed by atoms with Crippen molar-refractivity contribution < 1.29 is 14.1 Å². The van der Waals surface area contributed by atoms with Gasteiger partial charge < -0.3 is 4.74 Å². The maximum atomic E-state index is 12.8. The second kappa shape index (κ2) is 7.81. The van der Waals surface area contributed by atoms with Crippen molar-refractivity contribution in [2.24, 2.45) is 24.8 Å². The van der Waals surface area contributed by atoms with Crippen LogP contribution in [0.5, 0.6) is 0 Å². The van der Waals surface area contributed by atoms with Gasteiger partial charge in [-0.15, -0.1) is 0 Å². The van der Waals surface area contributed by atoms with Gasteiger partial charge >= 0.3 is 5.97 Å². The van der Waals surface area contributed by atoms with Crippen molar-refractivity contribution in [2.45, 2.75) is 66.0 Å². The van der Waals surface area contributed by atoms with E-state index in [9.17, 15) is 4.79 Å². The van der Waals surface area contributed by atoms with E-state index in [0.717, 1.165) is 29.7 Å². The number of esters is 1. The molecule has 0 bridgehead atoms. The van der Waals surface area contributed by atoms with Gasteiger partial charge in [0.25, 0.3) is 5.82 Å². The summed E-state index contributed by atoms with van der Waals surface area (Å²) >= 11 is 0. The molecule has 3 rings (SSSR count). The number of ether oxygens (including phenoxy) is 1. The monoisotopic (exact) mass is 357 g/mol. The zero-order chi connectivity index (χ0) is 18.8. The predicted molar refractivity (Wildman–Crippen MR) is 104 cm³/mol. The first-order valence-electron chi connectivity index (χ1n) is 10.1. The van der Waals surface area contributed by atoms with Gasteiger partial charge in [0.05, 0.1) is 7.05 Å². The number of fused-ring (bicyclic) bond motifs is 1. The molecule has 0 unspecified atom stereocenters. The van der Waals surface area contributed by atoms with Crippen molar-refractivity contribution in [2.75, 3.05) is 0 Å². The normalized spacial score (nSPS) is 23.5. The Bertz CT molecular complexity index is 778. The molecule has 1 aliphatic carbocycles. The number of benzene rings is 1. The smallest absolute Gasteiger partial charge is 0.348 e. The summed E-state index contributed by atoms with van der Waals surface area (Å²) in [6.45, 7) is 9.19. The van der Waals surface area contributed by atoms with Gasteiger partial charge in [-0.25, -0.2) is 13.9 Å². The molecule has 1 aromatic heterocycles. The number of aromatic nitrogens is 2. The Kier molecular flexibility index (Phi) is 5.69. The van der Waals surface area contributed by atoms with Gasteiger partial charge in [0.15, 0.2) is 17.6 Å². The highest BCUT2D eigenvalue weighted by Crippen LogP contribution is 2.35. The van der Waals surface area contributed by atoms with Gasteiger partial charge in [0.1, 0.15) is 6.10 Å². The van der Waals surface area contributed by atoms with Gasteiger partial charge in [-0.2, -0.15) is 0 Å². The Morgan fingerprint density at radius 3 is 2.73 bits per heavy atom. The summed E-state index contributed by atoms with van der Waals surface area (Å²) in [5.74, 6) is 2.72. The van der Waals surface area contributed by atoms with Crippen LogP contribution in [0.2, 0.25) is 0 Å². The molecule has 2 aromatic rings. The van der Waals surface area contributed by atoms with Crippen molar-refractivity contribution in [1.29, 1.82) is 0 Å². The van der Waals surface area contributed by atoms with Crippen molar-refractivity contribution >= 4 is 17.0 Å². The summed E-state index contributed by atoms with van der Waals surface area (Å²) in [5.41, 5.74) is 2.25. The fourth-order valence-electron chi connectivity index (χ4n) is 4.63. The number of carbonyl (C=O) groups excluding carboxylic acids is 1. The molecular formula is C22H33N2O2+. The van der Waals surface area contributed by atoms with E-state index in [1.165, 1.54) is 12.8 Å². The van der Waals surface area contributed by atoms with Gasteiger partial charge in [-0.05, 0) is 42.7 Å². The fourth-order valence-corrected chi connectivity index (χ4v) is 4.63. The van der Waals surface area contributed by atoms with Crippen LogP contribution < -0.4 is 4.57 Å². The zero-order valence-electron chi connectivity index (χ0n) is 16.9. The third-order valence-corrected chi connectivity index (χ3v) is 6.08. The summed E-state index contributed by atoms with van der Waals surface area (Å²) in [4.78, 5) is 12.8. The van der Waals surface area contributed by atoms with Gasteiger partial charge in [0.2, 0.25) is 0 Å². The molecular weight excluding hydrogens is 324 g/mol. The summed E-state index contributed by atoms with van der Waals surface area (Å²) in [7, 11) is 2.07. The van der Waals surface area contributed by atoms with Crippen molar-refractivity contribution in [3.63, 3.8) is 0 Å². The molecule has 3 atom stereocenters. The fraction of sp³-hybridized carbons (Fsp3) is 0.636. The second-order valence-corrected chi connectivity index (χ2v) is 8.26. The molecule has 1 fully saturated rings. The lowest BCUT2D eigenvalue weighted by molar-refractivity contribution is -0.653. The van der Waals surface area contributed by atoms with Crippen LogP contribution in [0.25, 0.3) is 11.0 Å². The number of hydrogen-bond donors (Lipinski definition) is 0. The highest BCUT2D eigenvalue weighted by atomic mass is 16.5. The molecule has 0 N–H and O–H groups in total. The first kappa shape index (κ1) is 18.9.